The lowest BCUT2D eigenvalue weighted by Gasteiger charge is -2.23. The van der Waals surface area contributed by atoms with Crippen molar-refractivity contribution in [2.45, 2.75) is 64.7 Å². The van der Waals surface area contributed by atoms with E-state index in [9.17, 15) is 0 Å². The summed E-state index contributed by atoms with van der Waals surface area (Å²) in [4.78, 5) is 0. The summed E-state index contributed by atoms with van der Waals surface area (Å²) in [6.07, 6.45) is 17.1. The number of allylic oxidation sites excluding steroid dienone is 1. The van der Waals surface area contributed by atoms with Crippen molar-refractivity contribution in [1.29, 1.82) is 0 Å². The maximum atomic E-state index is 5.89. The minimum Gasteiger partial charge on any atom is -0.381 e. The largest absolute Gasteiger partial charge is 0.381 e. The molecule has 1 fully saturated rings. The first-order chi connectivity index (χ1) is 8.35. The van der Waals surface area contributed by atoms with E-state index in [1.54, 1.807) is 0 Å². The van der Waals surface area contributed by atoms with E-state index in [1.807, 2.05) is 0 Å². The zero-order valence-electron chi connectivity index (χ0n) is 11.4. The number of unbranched alkanes of at least 4 members (excludes halogenated alkanes) is 5. The Morgan fingerprint density at radius 1 is 1.18 bits per heavy atom. The molecule has 0 aliphatic heterocycles. The summed E-state index contributed by atoms with van der Waals surface area (Å²) in [5.74, 6) is 0.882. The molecule has 0 radical (unpaired) electrons. The fourth-order valence-corrected chi connectivity index (χ4v) is 3.29. The van der Waals surface area contributed by atoms with Crippen LogP contribution in [-0.4, -0.2) is 13.2 Å². The van der Waals surface area contributed by atoms with E-state index in [0.29, 0.717) is 5.41 Å². The van der Waals surface area contributed by atoms with Crippen LogP contribution in [-0.2, 0) is 4.74 Å². The van der Waals surface area contributed by atoms with Crippen LogP contribution in [0.25, 0.3) is 0 Å². The highest BCUT2D eigenvalue weighted by atomic mass is 16.5. The number of hydrogen-bond donors (Lipinski definition) is 0. The molecule has 0 N–H and O–H groups in total. The van der Waals surface area contributed by atoms with Gasteiger partial charge in [0.25, 0.3) is 0 Å². The molecule has 1 nitrogen and oxygen atoms in total. The van der Waals surface area contributed by atoms with Crippen molar-refractivity contribution in [3.8, 4) is 0 Å². The molecule has 2 bridgehead atoms. The highest BCUT2D eigenvalue weighted by molar-refractivity contribution is 5.15. The van der Waals surface area contributed by atoms with Crippen LogP contribution in [0.4, 0.5) is 0 Å². The third kappa shape index (κ3) is 3.84. The SMILES string of the molecule is CCCCCCCCOCC12C=CC(CC1)C2. The molecule has 17 heavy (non-hydrogen) atoms. The summed E-state index contributed by atoms with van der Waals surface area (Å²) in [7, 11) is 0. The van der Waals surface area contributed by atoms with Crippen molar-refractivity contribution in [3.05, 3.63) is 12.2 Å². The quantitative estimate of drug-likeness (QED) is 0.416. The Kier molecular flexibility index (Phi) is 5.09. The molecular formula is C16H28O. The van der Waals surface area contributed by atoms with Gasteiger partial charge in [-0.3, -0.25) is 0 Å². The topological polar surface area (TPSA) is 9.23 Å². The third-order valence-corrected chi connectivity index (χ3v) is 4.44. The lowest BCUT2D eigenvalue weighted by molar-refractivity contribution is 0.0693. The minimum atomic E-state index is 0.451. The maximum absolute atomic E-state index is 5.89. The fraction of sp³-hybridized carbons (Fsp3) is 0.875. The molecule has 2 atom stereocenters. The highest BCUT2D eigenvalue weighted by Gasteiger charge is 2.40. The van der Waals surface area contributed by atoms with Crippen molar-refractivity contribution in [2.24, 2.45) is 11.3 Å². The van der Waals surface area contributed by atoms with Gasteiger partial charge in [-0.2, -0.15) is 0 Å². The smallest absolute Gasteiger partial charge is 0.0557 e. The molecule has 1 saturated carbocycles. The van der Waals surface area contributed by atoms with Gasteiger partial charge >= 0.3 is 0 Å². The molecule has 2 aliphatic rings. The summed E-state index contributed by atoms with van der Waals surface area (Å²) in [6.45, 7) is 4.23. The van der Waals surface area contributed by atoms with E-state index in [-0.39, 0.29) is 0 Å². The molecule has 0 saturated heterocycles. The Morgan fingerprint density at radius 3 is 2.65 bits per heavy atom. The highest BCUT2D eigenvalue weighted by Crippen LogP contribution is 2.49. The Labute approximate surface area is 107 Å². The van der Waals surface area contributed by atoms with E-state index >= 15 is 0 Å². The normalized spacial score (nSPS) is 30.3. The lowest BCUT2D eigenvalue weighted by atomic mass is 9.89. The maximum Gasteiger partial charge on any atom is 0.0557 e. The average Bonchev–Trinajstić information content (AvgIpc) is 2.93. The van der Waals surface area contributed by atoms with Crippen molar-refractivity contribution in [1.82, 2.24) is 0 Å². The standard InChI is InChI=1S/C16H28O/c1-2-3-4-5-6-7-12-17-14-16-10-8-15(13-16)9-11-16/h8,10,15H,2-7,9,11-14H2,1H3. The molecule has 0 aromatic heterocycles. The van der Waals surface area contributed by atoms with E-state index in [0.717, 1.165) is 19.1 Å². The molecule has 0 spiro atoms. The van der Waals surface area contributed by atoms with Crippen molar-refractivity contribution in [3.63, 3.8) is 0 Å². The van der Waals surface area contributed by atoms with Gasteiger partial charge in [0.15, 0.2) is 0 Å². The molecule has 2 rings (SSSR count). The molecule has 0 aromatic carbocycles. The zero-order chi connectivity index (χ0) is 12.0. The van der Waals surface area contributed by atoms with E-state index < -0.39 is 0 Å². The molecule has 0 amide bonds. The van der Waals surface area contributed by atoms with Gasteiger partial charge in [-0.1, -0.05) is 51.2 Å². The second-order valence-electron chi connectivity index (χ2n) is 6.04. The monoisotopic (exact) mass is 236 g/mol. The first-order valence-electron chi connectivity index (χ1n) is 7.62. The van der Waals surface area contributed by atoms with Gasteiger partial charge in [0.2, 0.25) is 0 Å². The minimum absolute atomic E-state index is 0.451. The fourth-order valence-electron chi connectivity index (χ4n) is 3.29. The van der Waals surface area contributed by atoms with Gasteiger partial charge in [-0.05, 0) is 31.6 Å². The number of ether oxygens (including phenoxy) is 1. The van der Waals surface area contributed by atoms with Crippen LogP contribution in [0.2, 0.25) is 0 Å². The Morgan fingerprint density at radius 2 is 2.00 bits per heavy atom. The van der Waals surface area contributed by atoms with Crippen LogP contribution in [0.15, 0.2) is 12.2 Å². The summed E-state index contributed by atoms with van der Waals surface area (Å²) in [5, 5.41) is 0. The molecule has 0 heterocycles. The zero-order valence-corrected chi connectivity index (χ0v) is 11.4. The van der Waals surface area contributed by atoms with Crippen LogP contribution in [0.1, 0.15) is 64.7 Å². The lowest BCUT2D eigenvalue weighted by Crippen LogP contribution is -2.19. The number of rotatable bonds is 9. The van der Waals surface area contributed by atoms with E-state index in [2.05, 4.69) is 19.1 Å². The van der Waals surface area contributed by atoms with E-state index in [4.69, 9.17) is 4.74 Å². The Bertz CT molecular complexity index is 246. The Balaban J connectivity index is 1.45. The van der Waals surface area contributed by atoms with Gasteiger partial charge in [0.05, 0.1) is 6.61 Å². The molecule has 2 unspecified atom stereocenters. The van der Waals surface area contributed by atoms with Gasteiger partial charge in [0, 0.05) is 12.0 Å². The van der Waals surface area contributed by atoms with Crippen LogP contribution < -0.4 is 0 Å². The predicted molar refractivity (Wildman–Crippen MR) is 73.1 cm³/mol. The molecule has 2 aliphatic carbocycles. The Hall–Kier alpha value is -0.300. The van der Waals surface area contributed by atoms with Crippen molar-refractivity contribution in [2.75, 3.05) is 13.2 Å². The van der Waals surface area contributed by atoms with Gasteiger partial charge in [-0.25, -0.2) is 0 Å². The predicted octanol–water partition coefficient (Wildman–Crippen LogP) is 4.72. The van der Waals surface area contributed by atoms with Crippen LogP contribution in [0.5, 0.6) is 0 Å². The van der Waals surface area contributed by atoms with Crippen LogP contribution >= 0.6 is 0 Å². The van der Waals surface area contributed by atoms with Gasteiger partial charge < -0.3 is 4.74 Å². The van der Waals surface area contributed by atoms with Crippen LogP contribution in [0, 0.1) is 11.3 Å². The summed E-state index contributed by atoms with van der Waals surface area (Å²) >= 11 is 0. The average molecular weight is 236 g/mol. The molecule has 0 aromatic rings. The molecular weight excluding hydrogens is 208 g/mol. The van der Waals surface area contributed by atoms with Gasteiger partial charge in [0.1, 0.15) is 0 Å². The van der Waals surface area contributed by atoms with E-state index in [1.165, 1.54) is 57.8 Å². The molecule has 98 valence electrons. The van der Waals surface area contributed by atoms with Gasteiger partial charge in [-0.15, -0.1) is 0 Å². The first kappa shape index (κ1) is 13.1. The van der Waals surface area contributed by atoms with Crippen LogP contribution in [0.3, 0.4) is 0 Å². The van der Waals surface area contributed by atoms with Crippen molar-refractivity contribution >= 4 is 0 Å². The second kappa shape index (κ2) is 6.58. The summed E-state index contributed by atoms with van der Waals surface area (Å²) in [6, 6.07) is 0. The van der Waals surface area contributed by atoms with Crippen molar-refractivity contribution < 1.29 is 4.74 Å². The summed E-state index contributed by atoms with van der Waals surface area (Å²) in [5.41, 5.74) is 0.451. The third-order valence-electron chi connectivity index (χ3n) is 4.44. The second-order valence-corrected chi connectivity index (χ2v) is 6.04. The summed E-state index contributed by atoms with van der Waals surface area (Å²) < 4.78 is 5.89. The number of fused-ring (bicyclic) bond motifs is 2. The molecule has 1 heteroatoms. The first-order valence-corrected chi connectivity index (χ1v) is 7.62. The number of hydrogen-bond acceptors (Lipinski definition) is 1.